The zero-order valence-electron chi connectivity index (χ0n) is 9.85. The highest BCUT2D eigenvalue weighted by molar-refractivity contribution is 7.84. The van der Waals surface area contributed by atoms with Gasteiger partial charge in [-0.3, -0.25) is 14.3 Å². The molecule has 0 aliphatic carbocycles. The lowest BCUT2D eigenvalue weighted by atomic mass is 10.2. The fourth-order valence-electron chi connectivity index (χ4n) is 1.53. The highest BCUT2D eigenvalue weighted by Crippen LogP contribution is 2.18. The van der Waals surface area contributed by atoms with E-state index in [9.17, 15) is 14.3 Å². The molecule has 98 valence electrons. The first kappa shape index (κ1) is 13.2. The second-order valence-corrected chi connectivity index (χ2v) is 5.18. The van der Waals surface area contributed by atoms with Gasteiger partial charge in [0.2, 0.25) is 0 Å². The van der Waals surface area contributed by atoms with Gasteiger partial charge in [0.05, 0.1) is 27.2 Å². The number of nitrogens with two attached hydrogens (primary N) is 1. The molecule has 1 heterocycles. The van der Waals surface area contributed by atoms with Gasteiger partial charge in [-0.1, -0.05) is 12.1 Å². The number of nitro benzene ring substituents is 1. The predicted molar refractivity (Wildman–Crippen MR) is 71.9 cm³/mol. The Bertz CT molecular complexity index is 628. The molecule has 0 saturated heterocycles. The largest absolute Gasteiger partial charge is 0.396 e. The van der Waals surface area contributed by atoms with E-state index in [-0.39, 0.29) is 11.4 Å². The lowest BCUT2D eigenvalue weighted by Gasteiger charge is -2.04. The van der Waals surface area contributed by atoms with E-state index in [1.54, 1.807) is 24.3 Å². The van der Waals surface area contributed by atoms with Gasteiger partial charge in [-0.15, -0.1) is 0 Å². The fourth-order valence-corrected chi connectivity index (χ4v) is 2.67. The van der Waals surface area contributed by atoms with Crippen LogP contribution in [0.4, 0.5) is 11.4 Å². The Hall–Kier alpha value is -2.28. The summed E-state index contributed by atoms with van der Waals surface area (Å²) in [5.74, 6) is 0.221. The molecule has 6 nitrogen and oxygen atoms in total. The van der Waals surface area contributed by atoms with Gasteiger partial charge >= 0.3 is 0 Å². The van der Waals surface area contributed by atoms with Gasteiger partial charge in [-0.05, 0) is 17.7 Å². The second kappa shape index (κ2) is 5.57. The molecule has 2 rings (SSSR count). The van der Waals surface area contributed by atoms with Crippen LogP contribution in [0.5, 0.6) is 0 Å². The van der Waals surface area contributed by atoms with Crippen LogP contribution in [0.1, 0.15) is 5.56 Å². The average molecular weight is 277 g/mol. The van der Waals surface area contributed by atoms with Crippen molar-refractivity contribution in [2.24, 2.45) is 0 Å². The number of aromatic nitrogens is 1. The van der Waals surface area contributed by atoms with Gasteiger partial charge in [-0.25, -0.2) is 4.98 Å². The summed E-state index contributed by atoms with van der Waals surface area (Å²) in [6.45, 7) is 0. The molecule has 7 heteroatoms. The van der Waals surface area contributed by atoms with Gasteiger partial charge in [0.25, 0.3) is 5.69 Å². The number of non-ortho nitro benzene ring substituents is 1. The van der Waals surface area contributed by atoms with E-state index >= 15 is 0 Å². The van der Waals surface area contributed by atoms with Crippen LogP contribution in [0, 0.1) is 10.1 Å². The third-order valence-corrected chi connectivity index (χ3v) is 3.83. The number of anilines is 1. The van der Waals surface area contributed by atoms with Crippen LogP contribution in [-0.2, 0) is 16.6 Å². The molecule has 1 aromatic heterocycles. The summed E-state index contributed by atoms with van der Waals surface area (Å²) in [5, 5.41) is 10.9. The topological polar surface area (TPSA) is 99.1 Å². The minimum Gasteiger partial charge on any atom is -0.396 e. The van der Waals surface area contributed by atoms with Crippen molar-refractivity contribution in [3.05, 3.63) is 58.3 Å². The lowest BCUT2D eigenvalue weighted by molar-refractivity contribution is -0.384. The third-order valence-electron chi connectivity index (χ3n) is 2.46. The minimum atomic E-state index is -1.37. The van der Waals surface area contributed by atoms with Crippen molar-refractivity contribution >= 4 is 22.2 Å². The van der Waals surface area contributed by atoms with E-state index in [0.717, 1.165) is 5.56 Å². The monoisotopic (exact) mass is 277 g/mol. The Labute approximate surface area is 111 Å². The summed E-state index contributed by atoms with van der Waals surface area (Å²) in [6.07, 6.45) is 1.53. The fraction of sp³-hybridized carbons (Fsp3) is 0.0833. The number of rotatable bonds is 4. The zero-order valence-corrected chi connectivity index (χ0v) is 10.7. The van der Waals surface area contributed by atoms with Crippen LogP contribution in [0.25, 0.3) is 0 Å². The van der Waals surface area contributed by atoms with Crippen molar-refractivity contribution in [3.8, 4) is 0 Å². The number of hydrogen-bond donors (Lipinski definition) is 1. The summed E-state index contributed by atoms with van der Waals surface area (Å²) >= 11 is 0. The molecule has 0 saturated carbocycles. The van der Waals surface area contributed by atoms with Crippen LogP contribution in [0.3, 0.4) is 0 Å². The molecule has 0 spiro atoms. The van der Waals surface area contributed by atoms with E-state index in [1.807, 2.05) is 0 Å². The first-order chi connectivity index (χ1) is 9.08. The molecule has 0 fully saturated rings. The molecule has 0 aliphatic heterocycles. The number of nitrogens with zero attached hydrogens (tertiary/aromatic N) is 2. The van der Waals surface area contributed by atoms with Crippen molar-refractivity contribution in [2.75, 3.05) is 5.73 Å². The number of benzene rings is 1. The standard InChI is InChI=1S/C12H11N3O3S/c13-11-2-1-7-14-12(11)19(18)8-9-3-5-10(6-4-9)15(16)17/h1-7H,8,13H2. The highest BCUT2D eigenvalue weighted by atomic mass is 32.2. The molecule has 0 aliphatic rings. The molecule has 1 unspecified atom stereocenters. The summed E-state index contributed by atoms with van der Waals surface area (Å²) in [4.78, 5) is 14.0. The van der Waals surface area contributed by atoms with Crippen molar-refractivity contribution in [2.45, 2.75) is 10.8 Å². The Kier molecular flexibility index (Phi) is 3.86. The number of pyridine rings is 1. The van der Waals surface area contributed by atoms with E-state index in [0.29, 0.717) is 10.7 Å². The molecular weight excluding hydrogens is 266 g/mol. The summed E-state index contributed by atoms with van der Waals surface area (Å²) in [7, 11) is -1.37. The summed E-state index contributed by atoms with van der Waals surface area (Å²) in [6, 6.07) is 9.23. The Morgan fingerprint density at radius 3 is 2.53 bits per heavy atom. The maximum atomic E-state index is 12.1. The van der Waals surface area contributed by atoms with E-state index in [1.165, 1.54) is 18.3 Å². The highest BCUT2D eigenvalue weighted by Gasteiger charge is 2.11. The summed E-state index contributed by atoms with van der Waals surface area (Å²) in [5.41, 5.74) is 6.81. The quantitative estimate of drug-likeness (QED) is 0.679. The van der Waals surface area contributed by atoms with Gasteiger partial charge in [-0.2, -0.15) is 0 Å². The average Bonchev–Trinajstić information content (AvgIpc) is 2.39. The molecule has 0 bridgehead atoms. The van der Waals surface area contributed by atoms with E-state index < -0.39 is 15.7 Å². The molecule has 1 aromatic carbocycles. The van der Waals surface area contributed by atoms with Gasteiger partial charge in [0.1, 0.15) is 5.03 Å². The van der Waals surface area contributed by atoms with Crippen molar-refractivity contribution < 1.29 is 9.13 Å². The molecule has 2 aromatic rings. The van der Waals surface area contributed by atoms with E-state index in [2.05, 4.69) is 4.98 Å². The second-order valence-electron chi connectivity index (χ2n) is 3.81. The van der Waals surface area contributed by atoms with Crippen molar-refractivity contribution in [1.82, 2.24) is 4.98 Å². The molecule has 2 N–H and O–H groups in total. The maximum Gasteiger partial charge on any atom is 0.269 e. The minimum absolute atomic E-state index is 0.00637. The number of hydrogen-bond acceptors (Lipinski definition) is 5. The zero-order chi connectivity index (χ0) is 13.8. The first-order valence-electron chi connectivity index (χ1n) is 5.40. The van der Waals surface area contributed by atoms with Crippen LogP contribution >= 0.6 is 0 Å². The Morgan fingerprint density at radius 2 is 1.95 bits per heavy atom. The predicted octanol–water partition coefficient (Wildman–Crippen LogP) is 1.88. The molecule has 19 heavy (non-hydrogen) atoms. The van der Waals surface area contributed by atoms with Crippen LogP contribution in [-0.4, -0.2) is 14.1 Å². The lowest BCUT2D eigenvalue weighted by Crippen LogP contribution is -2.03. The normalized spacial score (nSPS) is 12.0. The molecular formula is C12H11N3O3S. The van der Waals surface area contributed by atoms with Crippen LogP contribution < -0.4 is 5.73 Å². The van der Waals surface area contributed by atoms with Gasteiger partial charge in [0.15, 0.2) is 0 Å². The SMILES string of the molecule is Nc1cccnc1S(=O)Cc1ccc([N+](=O)[O-])cc1. The van der Waals surface area contributed by atoms with Gasteiger partial charge in [0, 0.05) is 18.3 Å². The number of nitrogen functional groups attached to an aromatic ring is 1. The molecule has 0 radical (unpaired) electrons. The van der Waals surface area contributed by atoms with Crippen LogP contribution in [0.2, 0.25) is 0 Å². The third kappa shape index (κ3) is 3.14. The van der Waals surface area contributed by atoms with Gasteiger partial charge < -0.3 is 5.73 Å². The van der Waals surface area contributed by atoms with Crippen molar-refractivity contribution in [1.29, 1.82) is 0 Å². The number of nitro groups is 1. The first-order valence-corrected chi connectivity index (χ1v) is 6.72. The Morgan fingerprint density at radius 1 is 1.26 bits per heavy atom. The smallest absolute Gasteiger partial charge is 0.269 e. The van der Waals surface area contributed by atoms with Crippen LogP contribution in [0.15, 0.2) is 47.6 Å². The molecule has 1 atom stereocenters. The van der Waals surface area contributed by atoms with Crippen molar-refractivity contribution in [3.63, 3.8) is 0 Å². The van der Waals surface area contributed by atoms with E-state index in [4.69, 9.17) is 5.73 Å². The molecule has 0 amide bonds. The Balaban J connectivity index is 2.15. The summed E-state index contributed by atoms with van der Waals surface area (Å²) < 4.78 is 12.1. The maximum absolute atomic E-state index is 12.1.